The lowest BCUT2D eigenvalue weighted by Crippen LogP contribution is -2.06. The summed E-state index contributed by atoms with van der Waals surface area (Å²) in [4.78, 5) is 10.8. The second kappa shape index (κ2) is 5.36. The summed E-state index contributed by atoms with van der Waals surface area (Å²) in [5.74, 6) is 0.126. The van der Waals surface area contributed by atoms with Gasteiger partial charge in [0.2, 0.25) is 0 Å². The molecule has 0 bridgehead atoms. The fourth-order valence-corrected chi connectivity index (χ4v) is 1.59. The summed E-state index contributed by atoms with van der Waals surface area (Å²) in [6, 6.07) is 16.6. The largest absolute Gasteiger partial charge is 0.481 e. The van der Waals surface area contributed by atoms with E-state index in [0.29, 0.717) is 5.75 Å². The zero-order valence-electron chi connectivity index (χ0n) is 10.0. The Labute approximate surface area is 106 Å². The van der Waals surface area contributed by atoms with Crippen LogP contribution in [-0.2, 0) is 4.79 Å². The molecule has 18 heavy (non-hydrogen) atoms. The first-order chi connectivity index (χ1) is 8.66. The molecular weight excluding hydrogens is 228 g/mol. The molecule has 1 N–H and O–H groups in total. The fraction of sp³-hybridized carbons (Fsp3) is 0.133. The molecule has 2 aromatic carbocycles. The summed E-state index contributed by atoms with van der Waals surface area (Å²) in [5.41, 5.74) is 0.767. The van der Waals surface area contributed by atoms with Crippen molar-refractivity contribution in [3.8, 4) is 11.5 Å². The Balaban J connectivity index is 2.11. The van der Waals surface area contributed by atoms with E-state index in [9.17, 15) is 4.79 Å². The molecule has 0 saturated heterocycles. The van der Waals surface area contributed by atoms with Gasteiger partial charge in [-0.2, -0.15) is 0 Å². The first kappa shape index (κ1) is 12.2. The van der Waals surface area contributed by atoms with Crippen molar-refractivity contribution >= 4 is 5.97 Å². The Hall–Kier alpha value is -2.29. The van der Waals surface area contributed by atoms with Crippen molar-refractivity contribution in [2.24, 2.45) is 0 Å². The molecule has 0 amide bonds. The van der Waals surface area contributed by atoms with Crippen molar-refractivity contribution in [3.63, 3.8) is 0 Å². The molecule has 2 aromatic rings. The minimum Gasteiger partial charge on any atom is -0.481 e. The molecule has 0 aliphatic heterocycles. The molecule has 0 heterocycles. The monoisotopic (exact) mass is 242 g/mol. The van der Waals surface area contributed by atoms with Crippen LogP contribution in [0.25, 0.3) is 0 Å². The molecule has 0 unspecified atom stereocenters. The maximum Gasteiger partial charge on any atom is 0.310 e. The van der Waals surface area contributed by atoms with Gasteiger partial charge in [0.1, 0.15) is 11.5 Å². The topological polar surface area (TPSA) is 46.5 Å². The Morgan fingerprint density at radius 2 is 1.56 bits per heavy atom. The van der Waals surface area contributed by atoms with E-state index in [4.69, 9.17) is 9.84 Å². The Kier molecular flexibility index (Phi) is 3.63. The van der Waals surface area contributed by atoms with E-state index in [2.05, 4.69) is 0 Å². The number of hydrogen-bond acceptors (Lipinski definition) is 2. The molecule has 0 radical (unpaired) electrons. The summed E-state index contributed by atoms with van der Waals surface area (Å²) < 4.78 is 5.63. The van der Waals surface area contributed by atoms with Gasteiger partial charge >= 0.3 is 5.97 Å². The van der Waals surface area contributed by atoms with Crippen molar-refractivity contribution in [2.75, 3.05) is 0 Å². The SMILES string of the molecule is C[C@H](C(=O)O)c1ccc(Oc2ccccc2)cc1. The molecule has 0 fully saturated rings. The van der Waals surface area contributed by atoms with Crippen LogP contribution in [-0.4, -0.2) is 11.1 Å². The van der Waals surface area contributed by atoms with Gasteiger partial charge in [0, 0.05) is 0 Å². The van der Waals surface area contributed by atoms with Crippen LogP contribution >= 0.6 is 0 Å². The van der Waals surface area contributed by atoms with Crippen molar-refractivity contribution in [1.29, 1.82) is 0 Å². The maximum absolute atomic E-state index is 10.8. The summed E-state index contributed by atoms with van der Waals surface area (Å²) in [5, 5.41) is 8.91. The lowest BCUT2D eigenvalue weighted by molar-refractivity contribution is -0.138. The van der Waals surface area contributed by atoms with E-state index in [1.807, 2.05) is 30.3 Å². The third-order valence-corrected chi connectivity index (χ3v) is 2.73. The zero-order chi connectivity index (χ0) is 13.0. The van der Waals surface area contributed by atoms with Crippen molar-refractivity contribution in [2.45, 2.75) is 12.8 Å². The zero-order valence-corrected chi connectivity index (χ0v) is 10.0. The van der Waals surface area contributed by atoms with Crippen LogP contribution in [0, 0.1) is 0 Å². The van der Waals surface area contributed by atoms with Crippen LogP contribution in [0.2, 0.25) is 0 Å². The Morgan fingerprint density at radius 3 is 2.11 bits per heavy atom. The minimum atomic E-state index is -0.827. The summed E-state index contributed by atoms with van der Waals surface area (Å²) >= 11 is 0. The number of carbonyl (C=O) groups is 1. The van der Waals surface area contributed by atoms with Crippen LogP contribution in [0.5, 0.6) is 11.5 Å². The average Bonchev–Trinajstić information content (AvgIpc) is 2.40. The van der Waals surface area contributed by atoms with E-state index in [-0.39, 0.29) is 0 Å². The van der Waals surface area contributed by atoms with Crippen LogP contribution in [0.4, 0.5) is 0 Å². The highest BCUT2D eigenvalue weighted by Gasteiger charge is 2.13. The number of hydrogen-bond donors (Lipinski definition) is 1. The van der Waals surface area contributed by atoms with E-state index in [1.54, 1.807) is 31.2 Å². The highest BCUT2D eigenvalue weighted by Crippen LogP contribution is 2.23. The second-order valence-corrected chi connectivity index (χ2v) is 4.04. The first-order valence-corrected chi connectivity index (χ1v) is 5.72. The van der Waals surface area contributed by atoms with Gasteiger partial charge in [-0.25, -0.2) is 0 Å². The van der Waals surface area contributed by atoms with Gasteiger partial charge in [0.05, 0.1) is 5.92 Å². The van der Waals surface area contributed by atoms with Crippen LogP contribution in [0.15, 0.2) is 54.6 Å². The summed E-state index contributed by atoms with van der Waals surface area (Å²) in [7, 11) is 0. The molecule has 3 heteroatoms. The van der Waals surface area contributed by atoms with Crippen LogP contribution < -0.4 is 4.74 Å². The number of aliphatic carboxylic acids is 1. The third-order valence-electron chi connectivity index (χ3n) is 2.73. The quantitative estimate of drug-likeness (QED) is 0.889. The minimum absolute atomic E-state index is 0.504. The number of carboxylic acids is 1. The van der Waals surface area contributed by atoms with Crippen LogP contribution in [0.1, 0.15) is 18.4 Å². The first-order valence-electron chi connectivity index (χ1n) is 5.72. The number of para-hydroxylation sites is 1. The fourth-order valence-electron chi connectivity index (χ4n) is 1.59. The van der Waals surface area contributed by atoms with E-state index in [1.165, 1.54) is 0 Å². The van der Waals surface area contributed by atoms with Crippen molar-refractivity contribution in [3.05, 3.63) is 60.2 Å². The number of benzene rings is 2. The van der Waals surface area contributed by atoms with Crippen molar-refractivity contribution in [1.82, 2.24) is 0 Å². The van der Waals surface area contributed by atoms with Gasteiger partial charge in [-0.1, -0.05) is 30.3 Å². The molecule has 0 spiro atoms. The molecule has 1 atom stereocenters. The Morgan fingerprint density at radius 1 is 1.00 bits per heavy atom. The molecule has 0 aliphatic carbocycles. The molecule has 0 aromatic heterocycles. The highest BCUT2D eigenvalue weighted by molar-refractivity contribution is 5.75. The lowest BCUT2D eigenvalue weighted by Gasteiger charge is -2.09. The van der Waals surface area contributed by atoms with Gasteiger partial charge in [-0.3, -0.25) is 4.79 Å². The van der Waals surface area contributed by atoms with Crippen LogP contribution in [0.3, 0.4) is 0 Å². The predicted molar refractivity (Wildman–Crippen MR) is 69.0 cm³/mol. The standard InChI is InChI=1S/C15H14O3/c1-11(15(16)17)12-7-9-14(10-8-12)18-13-5-3-2-4-6-13/h2-11H,1H3,(H,16,17)/t11-/m0/s1. The normalized spacial score (nSPS) is 11.8. The smallest absolute Gasteiger partial charge is 0.310 e. The van der Waals surface area contributed by atoms with E-state index < -0.39 is 11.9 Å². The van der Waals surface area contributed by atoms with E-state index >= 15 is 0 Å². The highest BCUT2D eigenvalue weighted by atomic mass is 16.5. The Bertz CT molecular complexity index is 517. The van der Waals surface area contributed by atoms with Gasteiger partial charge in [-0.15, -0.1) is 0 Å². The number of rotatable bonds is 4. The van der Waals surface area contributed by atoms with Gasteiger partial charge in [0.25, 0.3) is 0 Å². The lowest BCUT2D eigenvalue weighted by atomic mass is 10.0. The average molecular weight is 242 g/mol. The molecule has 0 aliphatic rings. The molecule has 3 nitrogen and oxygen atoms in total. The maximum atomic E-state index is 10.8. The number of carboxylic acid groups (broad SMARTS) is 1. The van der Waals surface area contributed by atoms with E-state index in [0.717, 1.165) is 11.3 Å². The molecular formula is C15H14O3. The summed E-state index contributed by atoms with van der Waals surface area (Å²) in [6.45, 7) is 1.66. The molecule has 0 saturated carbocycles. The van der Waals surface area contributed by atoms with Gasteiger partial charge in [0.15, 0.2) is 0 Å². The molecule has 92 valence electrons. The number of ether oxygens (including phenoxy) is 1. The third kappa shape index (κ3) is 2.88. The van der Waals surface area contributed by atoms with Gasteiger partial charge < -0.3 is 9.84 Å². The molecule has 2 rings (SSSR count). The van der Waals surface area contributed by atoms with Crippen molar-refractivity contribution < 1.29 is 14.6 Å². The van der Waals surface area contributed by atoms with Gasteiger partial charge in [-0.05, 0) is 36.8 Å². The second-order valence-electron chi connectivity index (χ2n) is 4.04. The predicted octanol–water partition coefficient (Wildman–Crippen LogP) is 3.67. The summed E-state index contributed by atoms with van der Waals surface area (Å²) in [6.07, 6.45) is 0.